The molecule has 0 saturated carbocycles. The third-order valence-corrected chi connectivity index (χ3v) is 3.31. The van der Waals surface area contributed by atoms with E-state index in [1.807, 2.05) is 45.0 Å². The van der Waals surface area contributed by atoms with Crippen LogP contribution in [0.5, 0.6) is 5.75 Å². The lowest BCUT2D eigenvalue weighted by atomic mass is 9.96. The number of carbonyl (C=O) groups excluding carboxylic acids is 1. The molecule has 0 atom stereocenters. The summed E-state index contributed by atoms with van der Waals surface area (Å²) in [7, 11) is 0. The van der Waals surface area contributed by atoms with Crippen LogP contribution in [-0.4, -0.2) is 18.2 Å². The molecule has 0 bridgehead atoms. The normalized spacial score (nSPS) is 11.7. The first-order valence-electron chi connectivity index (χ1n) is 7.64. The first kappa shape index (κ1) is 16.3. The second-order valence-corrected chi connectivity index (χ2v) is 6.73. The van der Waals surface area contributed by atoms with Crippen molar-refractivity contribution in [3.8, 4) is 5.75 Å². The largest absolute Gasteiger partial charge is 0.481 e. The average Bonchev–Trinajstić information content (AvgIpc) is 2.42. The fraction of sp³-hybridized carbons (Fsp3) is 0.421. The van der Waals surface area contributed by atoms with E-state index in [0.717, 1.165) is 5.39 Å². The topological polar surface area (TPSA) is 35.5 Å². The van der Waals surface area contributed by atoms with Gasteiger partial charge in [-0.2, -0.15) is 0 Å². The van der Waals surface area contributed by atoms with Crippen LogP contribution in [0, 0.1) is 0 Å². The molecule has 0 fully saturated rings. The van der Waals surface area contributed by atoms with Gasteiger partial charge in [0.25, 0.3) is 0 Å². The Morgan fingerprint density at radius 2 is 1.68 bits per heavy atom. The maximum absolute atomic E-state index is 11.8. The van der Waals surface area contributed by atoms with Gasteiger partial charge >= 0.3 is 5.97 Å². The molecule has 0 aliphatic rings. The minimum absolute atomic E-state index is 0.0811. The lowest BCUT2D eigenvalue weighted by molar-refractivity contribution is -0.157. The van der Waals surface area contributed by atoms with Gasteiger partial charge in [0.15, 0.2) is 6.61 Å². The van der Waals surface area contributed by atoms with Gasteiger partial charge in [-0.3, -0.25) is 0 Å². The van der Waals surface area contributed by atoms with E-state index >= 15 is 0 Å². The number of carbonyl (C=O) groups is 1. The fourth-order valence-corrected chi connectivity index (χ4v) is 2.43. The molecule has 118 valence electrons. The summed E-state index contributed by atoms with van der Waals surface area (Å²) in [6, 6.07) is 12.1. The zero-order valence-electron chi connectivity index (χ0n) is 14.0. The van der Waals surface area contributed by atoms with Crippen molar-refractivity contribution in [1.29, 1.82) is 0 Å². The lowest BCUT2D eigenvalue weighted by Gasteiger charge is -2.20. The first-order chi connectivity index (χ1) is 10.3. The molecule has 2 aromatic carbocycles. The Bertz CT molecular complexity index is 666. The highest BCUT2D eigenvalue weighted by atomic mass is 16.6. The Morgan fingerprint density at radius 3 is 2.27 bits per heavy atom. The molecule has 22 heavy (non-hydrogen) atoms. The minimum Gasteiger partial charge on any atom is -0.481 e. The molecule has 0 radical (unpaired) electrons. The summed E-state index contributed by atoms with van der Waals surface area (Å²) in [5, 5.41) is 2.19. The number of rotatable bonds is 4. The average molecular weight is 300 g/mol. The molecule has 3 heteroatoms. The minimum atomic E-state index is -0.496. The molecule has 3 nitrogen and oxygen atoms in total. The Hall–Kier alpha value is -2.03. The second kappa shape index (κ2) is 6.39. The second-order valence-electron chi connectivity index (χ2n) is 6.73. The van der Waals surface area contributed by atoms with E-state index < -0.39 is 5.60 Å². The summed E-state index contributed by atoms with van der Waals surface area (Å²) in [5.41, 5.74) is 0.782. The van der Waals surface area contributed by atoms with E-state index in [-0.39, 0.29) is 12.6 Å². The van der Waals surface area contributed by atoms with Crippen molar-refractivity contribution in [1.82, 2.24) is 0 Å². The van der Waals surface area contributed by atoms with Crippen molar-refractivity contribution >= 4 is 16.7 Å². The van der Waals surface area contributed by atoms with Crippen molar-refractivity contribution in [2.24, 2.45) is 0 Å². The Labute approximate surface area is 132 Å². The fourth-order valence-electron chi connectivity index (χ4n) is 2.43. The number of benzene rings is 2. The summed E-state index contributed by atoms with van der Waals surface area (Å²) in [6.45, 7) is 9.79. The highest BCUT2D eigenvalue weighted by molar-refractivity contribution is 5.91. The predicted molar refractivity (Wildman–Crippen MR) is 89.4 cm³/mol. The predicted octanol–water partition coefficient (Wildman–Crippen LogP) is 4.68. The SMILES string of the molecule is CC(C)c1ccc(OCC(=O)OC(C)(C)C)c2ccccc12. The van der Waals surface area contributed by atoms with Crippen molar-refractivity contribution in [3.63, 3.8) is 0 Å². The molecular formula is C19H24O3. The number of fused-ring (bicyclic) bond motifs is 1. The summed E-state index contributed by atoms with van der Waals surface area (Å²) in [6.07, 6.45) is 0. The van der Waals surface area contributed by atoms with Gasteiger partial charge in [0.05, 0.1) is 0 Å². The number of ether oxygens (including phenoxy) is 2. The van der Waals surface area contributed by atoms with Crippen LogP contribution in [0.4, 0.5) is 0 Å². The molecule has 0 spiro atoms. The van der Waals surface area contributed by atoms with Crippen LogP contribution in [-0.2, 0) is 9.53 Å². The van der Waals surface area contributed by atoms with Gasteiger partial charge in [0.1, 0.15) is 11.4 Å². The molecule has 0 saturated heterocycles. The molecule has 0 aliphatic heterocycles. The van der Waals surface area contributed by atoms with Crippen LogP contribution < -0.4 is 4.74 Å². The molecule has 2 rings (SSSR count). The number of esters is 1. The van der Waals surface area contributed by atoms with E-state index in [4.69, 9.17) is 9.47 Å². The molecule has 0 aliphatic carbocycles. The standard InChI is InChI=1S/C19H24O3/c1-13(2)14-10-11-17(16-9-7-6-8-15(14)16)21-12-18(20)22-19(3,4)5/h6-11,13H,12H2,1-5H3. The van der Waals surface area contributed by atoms with Crippen LogP contribution in [0.25, 0.3) is 10.8 Å². The van der Waals surface area contributed by atoms with Crippen LogP contribution >= 0.6 is 0 Å². The molecule has 0 amide bonds. The van der Waals surface area contributed by atoms with Crippen LogP contribution in [0.1, 0.15) is 46.1 Å². The molecule has 0 aromatic heterocycles. The van der Waals surface area contributed by atoms with Crippen LogP contribution in [0.2, 0.25) is 0 Å². The van der Waals surface area contributed by atoms with Crippen molar-refractivity contribution in [2.75, 3.05) is 6.61 Å². The van der Waals surface area contributed by atoms with Crippen molar-refractivity contribution < 1.29 is 14.3 Å². The van der Waals surface area contributed by atoms with Gasteiger partial charge in [-0.25, -0.2) is 4.79 Å². The van der Waals surface area contributed by atoms with Gasteiger partial charge in [-0.15, -0.1) is 0 Å². The van der Waals surface area contributed by atoms with Crippen molar-refractivity contribution in [3.05, 3.63) is 42.0 Å². The third kappa shape index (κ3) is 4.00. The van der Waals surface area contributed by atoms with Crippen LogP contribution in [0.15, 0.2) is 36.4 Å². The van der Waals surface area contributed by atoms with Crippen LogP contribution in [0.3, 0.4) is 0 Å². The summed E-state index contributed by atoms with van der Waals surface area (Å²) < 4.78 is 11.0. The lowest BCUT2D eigenvalue weighted by Crippen LogP contribution is -2.27. The van der Waals surface area contributed by atoms with Gasteiger partial charge in [-0.05, 0) is 43.7 Å². The monoisotopic (exact) mass is 300 g/mol. The molecule has 0 N–H and O–H groups in total. The summed E-state index contributed by atoms with van der Waals surface area (Å²) >= 11 is 0. The zero-order valence-corrected chi connectivity index (χ0v) is 14.0. The van der Waals surface area contributed by atoms with E-state index in [1.54, 1.807) is 0 Å². The highest BCUT2D eigenvalue weighted by Crippen LogP contribution is 2.32. The molecule has 0 unspecified atom stereocenters. The number of hydrogen-bond acceptors (Lipinski definition) is 3. The first-order valence-corrected chi connectivity index (χ1v) is 7.64. The van der Waals surface area contributed by atoms with Gasteiger partial charge in [0, 0.05) is 5.39 Å². The summed E-state index contributed by atoms with van der Waals surface area (Å²) in [5.74, 6) is 0.792. The maximum atomic E-state index is 11.8. The molecule has 2 aromatic rings. The van der Waals surface area contributed by atoms with Gasteiger partial charge < -0.3 is 9.47 Å². The zero-order chi connectivity index (χ0) is 16.3. The summed E-state index contributed by atoms with van der Waals surface area (Å²) in [4.78, 5) is 11.8. The van der Waals surface area contributed by atoms with E-state index in [9.17, 15) is 4.79 Å². The molecular weight excluding hydrogens is 276 g/mol. The number of hydrogen-bond donors (Lipinski definition) is 0. The highest BCUT2D eigenvalue weighted by Gasteiger charge is 2.17. The third-order valence-electron chi connectivity index (χ3n) is 3.31. The smallest absolute Gasteiger partial charge is 0.344 e. The Balaban J connectivity index is 2.23. The maximum Gasteiger partial charge on any atom is 0.344 e. The Kier molecular flexibility index (Phi) is 4.74. The Morgan fingerprint density at radius 1 is 1.05 bits per heavy atom. The van der Waals surface area contributed by atoms with Gasteiger partial charge in [0.2, 0.25) is 0 Å². The van der Waals surface area contributed by atoms with Gasteiger partial charge in [-0.1, -0.05) is 44.2 Å². The van der Waals surface area contributed by atoms with E-state index in [2.05, 4.69) is 26.0 Å². The molecule has 0 heterocycles. The quantitative estimate of drug-likeness (QED) is 0.769. The van der Waals surface area contributed by atoms with E-state index in [0.29, 0.717) is 11.7 Å². The van der Waals surface area contributed by atoms with Crippen molar-refractivity contribution in [2.45, 2.75) is 46.1 Å². The van der Waals surface area contributed by atoms with E-state index in [1.165, 1.54) is 10.9 Å².